The number of halogens is 2. The summed E-state index contributed by atoms with van der Waals surface area (Å²) in [6.45, 7) is 0. The molecular formula is C12H14Br2. The van der Waals surface area contributed by atoms with Gasteiger partial charge in [-0.2, -0.15) is 0 Å². The molecular weight excluding hydrogens is 304 g/mol. The molecule has 0 saturated heterocycles. The average molecular weight is 318 g/mol. The summed E-state index contributed by atoms with van der Waals surface area (Å²) < 4.78 is 2.42. The molecule has 1 aliphatic carbocycles. The maximum atomic E-state index is 3.65. The zero-order valence-corrected chi connectivity index (χ0v) is 11.3. The molecule has 0 heterocycles. The van der Waals surface area contributed by atoms with Crippen molar-refractivity contribution in [2.75, 3.05) is 0 Å². The van der Waals surface area contributed by atoms with Crippen LogP contribution in [0.25, 0.3) is 0 Å². The molecule has 0 aromatic heterocycles. The summed E-state index contributed by atoms with van der Waals surface area (Å²) in [5.41, 5.74) is 1.49. The summed E-state index contributed by atoms with van der Waals surface area (Å²) in [6, 6.07) is 6.56. The monoisotopic (exact) mass is 316 g/mol. The Labute approximate surface area is 102 Å². The molecule has 0 aliphatic heterocycles. The van der Waals surface area contributed by atoms with E-state index in [0.717, 1.165) is 10.4 Å². The zero-order chi connectivity index (χ0) is 9.97. The summed E-state index contributed by atoms with van der Waals surface area (Å²) >= 11 is 7.14. The van der Waals surface area contributed by atoms with Gasteiger partial charge in [0.1, 0.15) is 0 Å². The molecule has 14 heavy (non-hydrogen) atoms. The Morgan fingerprint density at radius 3 is 2.36 bits per heavy atom. The Hall–Kier alpha value is 0.180. The molecule has 0 nitrogen and oxygen atoms in total. The van der Waals surface area contributed by atoms with E-state index in [-0.39, 0.29) is 0 Å². The first-order valence-electron chi connectivity index (χ1n) is 5.22. The van der Waals surface area contributed by atoms with Gasteiger partial charge in [-0.15, -0.1) is 0 Å². The van der Waals surface area contributed by atoms with Gasteiger partial charge in [0.25, 0.3) is 0 Å². The van der Waals surface area contributed by atoms with Crippen molar-refractivity contribution in [2.24, 2.45) is 0 Å². The lowest BCUT2D eigenvalue weighted by molar-refractivity contribution is 0.442. The first-order chi connectivity index (χ1) is 6.77. The second-order valence-electron chi connectivity index (χ2n) is 4.00. The van der Waals surface area contributed by atoms with Crippen molar-refractivity contribution in [3.05, 3.63) is 32.7 Å². The fraction of sp³-hybridized carbons (Fsp3) is 0.500. The molecule has 1 aromatic carbocycles. The Bertz CT molecular complexity index is 314. The molecule has 2 rings (SSSR count). The van der Waals surface area contributed by atoms with Gasteiger partial charge in [0, 0.05) is 8.95 Å². The number of hydrogen-bond donors (Lipinski definition) is 0. The Kier molecular flexibility index (Phi) is 3.67. The van der Waals surface area contributed by atoms with Crippen LogP contribution in [-0.4, -0.2) is 0 Å². The lowest BCUT2D eigenvalue weighted by atomic mass is 9.84. The fourth-order valence-electron chi connectivity index (χ4n) is 2.25. The van der Waals surface area contributed by atoms with Gasteiger partial charge in [-0.05, 0) is 36.5 Å². The van der Waals surface area contributed by atoms with E-state index in [4.69, 9.17) is 0 Å². The van der Waals surface area contributed by atoms with Crippen LogP contribution >= 0.6 is 31.9 Å². The summed E-state index contributed by atoms with van der Waals surface area (Å²) in [4.78, 5) is 0. The van der Waals surface area contributed by atoms with Gasteiger partial charge in [0.15, 0.2) is 0 Å². The molecule has 0 radical (unpaired) electrons. The van der Waals surface area contributed by atoms with Gasteiger partial charge in [-0.25, -0.2) is 0 Å². The minimum atomic E-state index is 0.784. The first kappa shape index (κ1) is 10.7. The smallest absolute Gasteiger partial charge is 0.0221 e. The normalized spacial score (nSPS) is 18.4. The molecule has 76 valence electrons. The molecule has 0 amide bonds. The van der Waals surface area contributed by atoms with Crippen LogP contribution in [-0.2, 0) is 0 Å². The van der Waals surface area contributed by atoms with E-state index >= 15 is 0 Å². The van der Waals surface area contributed by atoms with Crippen molar-refractivity contribution in [3.63, 3.8) is 0 Å². The predicted octanol–water partition coefficient (Wildman–Crippen LogP) is 5.26. The third-order valence-corrected chi connectivity index (χ3v) is 4.19. The molecule has 0 unspecified atom stereocenters. The van der Waals surface area contributed by atoms with Crippen LogP contribution in [0.1, 0.15) is 43.6 Å². The molecule has 0 N–H and O–H groups in total. The van der Waals surface area contributed by atoms with E-state index in [9.17, 15) is 0 Å². The van der Waals surface area contributed by atoms with Crippen LogP contribution < -0.4 is 0 Å². The van der Waals surface area contributed by atoms with Crippen molar-refractivity contribution in [1.29, 1.82) is 0 Å². The van der Waals surface area contributed by atoms with Gasteiger partial charge in [-0.3, -0.25) is 0 Å². The largest absolute Gasteiger partial charge is 0.0565 e. The van der Waals surface area contributed by atoms with Crippen molar-refractivity contribution < 1.29 is 0 Å². The van der Waals surface area contributed by atoms with Gasteiger partial charge in [0.05, 0.1) is 0 Å². The van der Waals surface area contributed by atoms with Crippen LogP contribution in [0.15, 0.2) is 27.1 Å². The lowest BCUT2D eigenvalue weighted by Crippen LogP contribution is -2.04. The molecule has 1 aromatic rings. The van der Waals surface area contributed by atoms with Crippen molar-refractivity contribution in [3.8, 4) is 0 Å². The van der Waals surface area contributed by atoms with E-state index in [1.807, 2.05) is 0 Å². The van der Waals surface area contributed by atoms with E-state index in [0.29, 0.717) is 0 Å². The van der Waals surface area contributed by atoms with Gasteiger partial charge >= 0.3 is 0 Å². The Morgan fingerprint density at radius 2 is 1.71 bits per heavy atom. The minimum Gasteiger partial charge on any atom is -0.0565 e. The average Bonchev–Trinajstić information content (AvgIpc) is 2.19. The number of benzene rings is 1. The second kappa shape index (κ2) is 4.80. The van der Waals surface area contributed by atoms with Crippen molar-refractivity contribution in [1.82, 2.24) is 0 Å². The molecule has 0 bridgehead atoms. The highest BCUT2D eigenvalue weighted by molar-refractivity contribution is 9.11. The highest BCUT2D eigenvalue weighted by atomic mass is 79.9. The van der Waals surface area contributed by atoms with Crippen LogP contribution in [0, 0.1) is 0 Å². The van der Waals surface area contributed by atoms with Crippen molar-refractivity contribution >= 4 is 31.9 Å². The van der Waals surface area contributed by atoms with Crippen LogP contribution in [0.4, 0.5) is 0 Å². The van der Waals surface area contributed by atoms with Gasteiger partial charge in [0.2, 0.25) is 0 Å². The van der Waals surface area contributed by atoms with Crippen LogP contribution in [0.3, 0.4) is 0 Å². The second-order valence-corrected chi connectivity index (χ2v) is 5.77. The van der Waals surface area contributed by atoms with Gasteiger partial charge in [-0.1, -0.05) is 57.2 Å². The topological polar surface area (TPSA) is 0 Å². The van der Waals surface area contributed by atoms with E-state index < -0.39 is 0 Å². The molecule has 0 spiro atoms. The summed E-state index contributed by atoms with van der Waals surface area (Å²) in [7, 11) is 0. The maximum absolute atomic E-state index is 3.65. The van der Waals surface area contributed by atoms with Gasteiger partial charge < -0.3 is 0 Å². The summed E-state index contributed by atoms with van der Waals surface area (Å²) in [5.74, 6) is 0.784. The Balaban J connectivity index is 2.22. The maximum Gasteiger partial charge on any atom is 0.0221 e. The highest BCUT2D eigenvalue weighted by Crippen LogP contribution is 2.37. The fourth-order valence-corrected chi connectivity index (χ4v) is 3.62. The zero-order valence-electron chi connectivity index (χ0n) is 8.10. The number of hydrogen-bond acceptors (Lipinski definition) is 0. The SMILES string of the molecule is Brc1ccc(C2CCCCC2)c(Br)c1. The Morgan fingerprint density at radius 1 is 1.00 bits per heavy atom. The first-order valence-corrected chi connectivity index (χ1v) is 6.81. The molecule has 0 atom stereocenters. The van der Waals surface area contributed by atoms with Crippen LogP contribution in [0.2, 0.25) is 0 Å². The lowest BCUT2D eigenvalue weighted by Gasteiger charge is -2.23. The summed E-state index contributed by atoms with van der Waals surface area (Å²) in [6.07, 6.45) is 6.94. The summed E-state index contributed by atoms with van der Waals surface area (Å²) in [5, 5.41) is 0. The third kappa shape index (κ3) is 2.40. The van der Waals surface area contributed by atoms with E-state index in [2.05, 4.69) is 50.1 Å². The number of rotatable bonds is 1. The molecule has 2 heteroatoms. The molecule has 1 fully saturated rings. The quantitative estimate of drug-likeness (QED) is 0.662. The standard InChI is InChI=1S/C12H14Br2/c13-10-6-7-11(12(14)8-10)9-4-2-1-3-5-9/h6-9H,1-5H2. The minimum absolute atomic E-state index is 0.784. The van der Waals surface area contributed by atoms with Crippen LogP contribution in [0.5, 0.6) is 0 Å². The molecule has 1 aliphatic rings. The van der Waals surface area contributed by atoms with E-state index in [1.165, 1.54) is 42.1 Å². The van der Waals surface area contributed by atoms with Crippen molar-refractivity contribution in [2.45, 2.75) is 38.0 Å². The molecule has 1 saturated carbocycles. The van der Waals surface area contributed by atoms with E-state index in [1.54, 1.807) is 0 Å². The predicted molar refractivity (Wildman–Crippen MR) is 67.7 cm³/mol. The highest BCUT2D eigenvalue weighted by Gasteiger charge is 2.17. The third-order valence-electron chi connectivity index (χ3n) is 3.01.